The van der Waals surface area contributed by atoms with Crippen molar-refractivity contribution in [3.8, 4) is 0 Å². The number of hydrogen-bond donors (Lipinski definition) is 1. The number of benzene rings is 2. The lowest BCUT2D eigenvalue weighted by molar-refractivity contribution is -0.140. The Morgan fingerprint density at radius 1 is 0.914 bits per heavy atom. The summed E-state index contributed by atoms with van der Waals surface area (Å²) in [5.74, 6) is -1.36. The predicted molar refractivity (Wildman–Crippen MR) is 143 cm³/mol. The van der Waals surface area contributed by atoms with Crippen molar-refractivity contribution in [2.45, 2.75) is 58.9 Å². The summed E-state index contributed by atoms with van der Waals surface area (Å²) in [7, 11) is 0. The van der Waals surface area contributed by atoms with Crippen LogP contribution in [0.4, 0.5) is 0 Å². The maximum Gasteiger partial charge on any atom is 0.295 e. The van der Waals surface area contributed by atoms with E-state index >= 15 is 0 Å². The standard InChI is InChI=1S/C29H37ClN2O3/c1-4-6-17-31(18-7-5-2)19-8-20-32-26(22-11-9-21(3)10-12-22)25(28(34)29(32)35)27(33)23-13-15-24(30)16-14-23/h9-16,26,33H,4-8,17-20H2,1-3H3/b27-25-. The van der Waals surface area contributed by atoms with Crippen LogP contribution in [0.3, 0.4) is 0 Å². The average molecular weight is 497 g/mol. The second kappa shape index (κ2) is 12.9. The molecule has 6 heteroatoms. The molecule has 0 radical (unpaired) electrons. The summed E-state index contributed by atoms with van der Waals surface area (Å²) in [6.07, 6.45) is 5.37. The Labute approximate surface area is 214 Å². The first-order chi connectivity index (χ1) is 16.9. The lowest BCUT2D eigenvalue weighted by Gasteiger charge is -2.27. The van der Waals surface area contributed by atoms with Crippen LogP contribution >= 0.6 is 11.6 Å². The van der Waals surface area contributed by atoms with Gasteiger partial charge in [0.05, 0.1) is 11.6 Å². The largest absolute Gasteiger partial charge is 0.507 e. The minimum atomic E-state index is -0.642. The maximum absolute atomic E-state index is 13.2. The number of carbonyl (C=O) groups excluding carboxylic acids is 2. The van der Waals surface area contributed by atoms with Crippen molar-refractivity contribution in [3.63, 3.8) is 0 Å². The number of likely N-dealkylation sites (tertiary alicyclic amines) is 1. The molecule has 2 aromatic rings. The van der Waals surface area contributed by atoms with E-state index in [-0.39, 0.29) is 11.3 Å². The molecule has 3 rings (SSSR count). The lowest BCUT2D eigenvalue weighted by Crippen LogP contribution is -2.34. The molecule has 35 heavy (non-hydrogen) atoms. The number of amides is 1. The first-order valence-corrected chi connectivity index (χ1v) is 13.1. The lowest BCUT2D eigenvalue weighted by atomic mass is 9.94. The molecule has 2 aromatic carbocycles. The summed E-state index contributed by atoms with van der Waals surface area (Å²) in [5.41, 5.74) is 2.51. The van der Waals surface area contributed by atoms with Crippen LogP contribution < -0.4 is 0 Å². The van der Waals surface area contributed by atoms with Gasteiger partial charge in [0.15, 0.2) is 0 Å². The zero-order valence-electron chi connectivity index (χ0n) is 21.1. The molecule has 1 amide bonds. The van der Waals surface area contributed by atoms with Gasteiger partial charge < -0.3 is 14.9 Å². The third kappa shape index (κ3) is 6.74. The number of nitrogens with zero attached hydrogens (tertiary/aromatic N) is 2. The number of aliphatic hydroxyl groups excluding tert-OH is 1. The van der Waals surface area contributed by atoms with Gasteiger partial charge in [-0.05, 0) is 75.6 Å². The Morgan fingerprint density at radius 2 is 1.49 bits per heavy atom. The van der Waals surface area contributed by atoms with Crippen LogP contribution in [0.5, 0.6) is 0 Å². The summed E-state index contributed by atoms with van der Waals surface area (Å²) < 4.78 is 0. The van der Waals surface area contributed by atoms with E-state index in [1.165, 1.54) is 0 Å². The van der Waals surface area contributed by atoms with Crippen LogP contribution in [0.1, 0.15) is 68.7 Å². The Bertz CT molecular complexity index is 1020. The highest BCUT2D eigenvalue weighted by molar-refractivity contribution is 6.46. The molecule has 188 valence electrons. The fraction of sp³-hybridized carbons (Fsp3) is 0.448. The van der Waals surface area contributed by atoms with Gasteiger partial charge in [0.25, 0.3) is 11.7 Å². The monoisotopic (exact) mass is 496 g/mol. The van der Waals surface area contributed by atoms with Crippen LogP contribution in [0.15, 0.2) is 54.1 Å². The second-order valence-electron chi connectivity index (χ2n) is 9.31. The molecule has 1 N–H and O–H groups in total. The zero-order chi connectivity index (χ0) is 25.4. The highest BCUT2D eigenvalue weighted by atomic mass is 35.5. The van der Waals surface area contributed by atoms with Gasteiger partial charge in [-0.25, -0.2) is 0 Å². The summed E-state index contributed by atoms with van der Waals surface area (Å²) in [4.78, 5) is 30.4. The first-order valence-electron chi connectivity index (χ1n) is 12.7. The number of aliphatic hydroxyl groups is 1. The maximum atomic E-state index is 13.2. The summed E-state index contributed by atoms with van der Waals surface area (Å²) in [5, 5.41) is 11.7. The van der Waals surface area contributed by atoms with Gasteiger partial charge in [-0.15, -0.1) is 0 Å². The number of ketones is 1. The molecule has 0 aliphatic carbocycles. The van der Waals surface area contributed by atoms with Gasteiger partial charge in [0.2, 0.25) is 0 Å². The SMILES string of the molecule is CCCCN(CCCC)CCCN1C(=O)C(=O)/C(=C(\O)c2ccc(Cl)cc2)C1c1ccc(C)cc1. The van der Waals surface area contributed by atoms with Crippen molar-refractivity contribution >= 4 is 29.1 Å². The van der Waals surface area contributed by atoms with E-state index in [9.17, 15) is 14.7 Å². The summed E-state index contributed by atoms with van der Waals surface area (Å²) in [6.45, 7) is 9.81. The quantitative estimate of drug-likeness (QED) is 0.211. The third-order valence-corrected chi connectivity index (χ3v) is 6.83. The summed E-state index contributed by atoms with van der Waals surface area (Å²) in [6, 6.07) is 13.8. The number of hydrogen-bond acceptors (Lipinski definition) is 4. The van der Waals surface area contributed by atoms with E-state index in [1.807, 2.05) is 31.2 Å². The van der Waals surface area contributed by atoms with E-state index < -0.39 is 17.7 Å². The Morgan fingerprint density at radius 3 is 2.06 bits per heavy atom. The van der Waals surface area contributed by atoms with Gasteiger partial charge >= 0.3 is 0 Å². The third-order valence-electron chi connectivity index (χ3n) is 6.58. The first kappa shape index (κ1) is 27.0. The van der Waals surface area contributed by atoms with E-state index in [4.69, 9.17) is 11.6 Å². The number of halogens is 1. The number of unbranched alkanes of at least 4 members (excludes halogenated alkanes) is 2. The molecule has 0 bridgehead atoms. The number of carbonyl (C=O) groups is 2. The van der Waals surface area contributed by atoms with Crippen molar-refractivity contribution in [1.82, 2.24) is 9.80 Å². The van der Waals surface area contributed by atoms with Crippen LogP contribution in [0, 0.1) is 6.92 Å². The van der Waals surface area contributed by atoms with Crippen LogP contribution in [-0.4, -0.2) is 52.8 Å². The minimum absolute atomic E-state index is 0.134. The molecule has 5 nitrogen and oxygen atoms in total. The molecule has 1 heterocycles. The zero-order valence-corrected chi connectivity index (χ0v) is 21.9. The van der Waals surface area contributed by atoms with Crippen molar-refractivity contribution in [2.75, 3.05) is 26.2 Å². The van der Waals surface area contributed by atoms with E-state index in [0.29, 0.717) is 17.1 Å². The molecule has 0 saturated carbocycles. The molecular weight excluding hydrogens is 460 g/mol. The molecule has 0 aromatic heterocycles. The molecule has 1 aliphatic heterocycles. The number of rotatable bonds is 12. The predicted octanol–water partition coefficient (Wildman–Crippen LogP) is 6.36. The van der Waals surface area contributed by atoms with Gasteiger partial charge in [-0.1, -0.05) is 68.1 Å². The average Bonchev–Trinajstić information content (AvgIpc) is 3.10. The van der Waals surface area contributed by atoms with Gasteiger partial charge in [-0.3, -0.25) is 9.59 Å². The fourth-order valence-electron chi connectivity index (χ4n) is 4.53. The molecule has 1 unspecified atom stereocenters. The Balaban J connectivity index is 1.90. The number of Topliss-reactive ketones (excluding diaryl/α,β-unsaturated/α-hetero) is 1. The molecule has 1 aliphatic rings. The highest BCUT2D eigenvalue weighted by Crippen LogP contribution is 2.39. The van der Waals surface area contributed by atoms with Gasteiger partial charge in [0, 0.05) is 17.1 Å². The molecule has 1 atom stereocenters. The van der Waals surface area contributed by atoms with E-state index in [1.54, 1.807) is 29.2 Å². The second-order valence-corrected chi connectivity index (χ2v) is 9.75. The fourth-order valence-corrected chi connectivity index (χ4v) is 4.66. The Hall–Kier alpha value is -2.63. The Kier molecular flexibility index (Phi) is 9.93. The van der Waals surface area contributed by atoms with E-state index in [0.717, 1.165) is 62.9 Å². The molecule has 0 spiro atoms. The van der Waals surface area contributed by atoms with Crippen molar-refractivity contribution < 1.29 is 14.7 Å². The highest BCUT2D eigenvalue weighted by Gasteiger charge is 2.45. The van der Waals surface area contributed by atoms with E-state index in [2.05, 4.69) is 18.7 Å². The van der Waals surface area contributed by atoms with Crippen molar-refractivity contribution in [1.29, 1.82) is 0 Å². The summed E-state index contributed by atoms with van der Waals surface area (Å²) >= 11 is 6.01. The molecule has 1 fully saturated rings. The van der Waals surface area contributed by atoms with Crippen LogP contribution in [0.2, 0.25) is 5.02 Å². The van der Waals surface area contributed by atoms with Gasteiger partial charge in [-0.2, -0.15) is 0 Å². The topological polar surface area (TPSA) is 60.9 Å². The van der Waals surface area contributed by atoms with Crippen molar-refractivity contribution in [2.24, 2.45) is 0 Å². The van der Waals surface area contributed by atoms with Crippen molar-refractivity contribution in [3.05, 3.63) is 75.8 Å². The smallest absolute Gasteiger partial charge is 0.295 e. The van der Waals surface area contributed by atoms with Crippen LogP contribution in [-0.2, 0) is 9.59 Å². The number of aryl methyl sites for hydroxylation is 1. The minimum Gasteiger partial charge on any atom is -0.507 e. The normalized spacial score (nSPS) is 17.5. The molecule has 1 saturated heterocycles. The van der Waals surface area contributed by atoms with Crippen LogP contribution in [0.25, 0.3) is 5.76 Å². The molecular formula is C29H37ClN2O3. The van der Waals surface area contributed by atoms with Gasteiger partial charge in [0.1, 0.15) is 5.76 Å².